The van der Waals surface area contributed by atoms with Gasteiger partial charge in [0.15, 0.2) is 0 Å². The molecule has 0 radical (unpaired) electrons. The Labute approximate surface area is 143 Å². The standard InChI is InChI=1S/C21H23NS/c1-22(2)14-6-9-18-17-7-3-4-10-19(17)23-20-11-5-8-16(21(18)20)15-12-13-15/h3-5,7-11,15H,6,12-14H2,1-2H3/b18-9+. The predicted molar refractivity (Wildman–Crippen MR) is 99.2 cm³/mol. The molecular weight excluding hydrogens is 298 g/mol. The first-order valence-electron chi connectivity index (χ1n) is 8.49. The molecular formula is C21H23NS. The molecule has 1 nitrogen and oxygen atoms in total. The minimum absolute atomic E-state index is 0.785. The van der Waals surface area contributed by atoms with Crippen molar-refractivity contribution in [2.24, 2.45) is 0 Å². The number of rotatable bonds is 4. The second kappa shape index (κ2) is 6.18. The van der Waals surface area contributed by atoms with Crippen molar-refractivity contribution in [2.45, 2.75) is 35.0 Å². The van der Waals surface area contributed by atoms with Gasteiger partial charge in [0.05, 0.1) is 0 Å². The van der Waals surface area contributed by atoms with E-state index in [4.69, 9.17) is 0 Å². The molecule has 0 N–H and O–H groups in total. The summed E-state index contributed by atoms with van der Waals surface area (Å²) in [6, 6.07) is 15.8. The lowest BCUT2D eigenvalue weighted by Crippen LogP contribution is -2.12. The molecule has 1 saturated carbocycles. The quantitative estimate of drug-likeness (QED) is 0.632. The Balaban J connectivity index is 1.83. The van der Waals surface area contributed by atoms with Crippen molar-refractivity contribution in [3.63, 3.8) is 0 Å². The summed E-state index contributed by atoms with van der Waals surface area (Å²) in [4.78, 5) is 5.09. The van der Waals surface area contributed by atoms with Gasteiger partial charge in [-0.15, -0.1) is 0 Å². The van der Waals surface area contributed by atoms with Crippen LogP contribution >= 0.6 is 11.8 Å². The van der Waals surface area contributed by atoms with Crippen molar-refractivity contribution >= 4 is 17.3 Å². The van der Waals surface area contributed by atoms with Crippen LogP contribution in [0.2, 0.25) is 0 Å². The van der Waals surface area contributed by atoms with Gasteiger partial charge < -0.3 is 4.90 Å². The fourth-order valence-electron chi connectivity index (χ4n) is 3.37. The molecule has 0 bridgehead atoms. The van der Waals surface area contributed by atoms with E-state index in [1.165, 1.54) is 39.3 Å². The van der Waals surface area contributed by atoms with E-state index in [1.54, 1.807) is 5.56 Å². The minimum Gasteiger partial charge on any atom is -0.309 e. The molecule has 23 heavy (non-hydrogen) atoms. The molecule has 2 aromatic carbocycles. The summed E-state index contributed by atoms with van der Waals surface area (Å²) in [5, 5.41) is 0. The normalized spacial score (nSPS) is 18.1. The highest BCUT2D eigenvalue weighted by Crippen LogP contribution is 2.51. The molecule has 118 valence electrons. The molecule has 1 aliphatic heterocycles. The van der Waals surface area contributed by atoms with E-state index in [1.807, 2.05) is 11.8 Å². The van der Waals surface area contributed by atoms with Gasteiger partial charge in [-0.2, -0.15) is 0 Å². The number of hydrogen-bond donors (Lipinski definition) is 0. The monoisotopic (exact) mass is 321 g/mol. The summed E-state index contributed by atoms with van der Waals surface area (Å²) in [5.74, 6) is 0.785. The van der Waals surface area contributed by atoms with Crippen LogP contribution in [0.25, 0.3) is 5.57 Å². The Bertz CT molecular complexity index is 756. The first-order chi connectivity index (χ1) is 11.2. The van der Waals surface area contributed by atoms with Crippen LogP contribution in [0.5, 0.6) is 0 Å². The fraction of sp³-hybridized carbons (Fsp3) is 0.333. The van der Waals surface area contributed by atoms with Crippen molar-refractivity contribution < 1.29 is 0 Å². The smallest absolute Gasteiger partial charge is 0.0204 e. The van der Waals surface area contributed by atoms with Crippen LogP contribution < -0.4 is 0 Å². The Kier molecular flexibility index (Phi) is 4.04. The second-order valence-electron chi connectivity index (χ2n) is 6.80. The first kappa shape index (κ1) is 15.0. The van der Waals surface area contributed by atoms with Crippen LogP contribution in [0.15, 0.2) is 58.3 Å². The third kappa shape index (κ3) is 2.98. The zero-order valence-corrected chi connectivity index (χ0v) is 14.7. The molecule has 0 amide bonds. The first-order valence-corrected chi connectivity index (χ1v) is 9.31. The van der Waals surface area contributed by atoms with Gasteiger partial charge in [0.2, 0.25) is 0 Å². The Hall–Kier alpha value is -1.51. The molecule has 0 aromatic heterocycles. The van der Waals surface area contributed by atoms with E-state index >= 15 is 0 Å². The zero-order valence-electron chi connectivity index (χ0n) is 13.9. The third-order valence-electron chi connectivity index (χ3n) is 4.67. The van der Waals surface area contributed by atoms with E-state index in [-0.39, 0.29) is 0 Å². The van der Waals surface area contributed by atoms with Gasteiger partial charge in [-0.25, -0.2) is 0 Å². The van der Waals surface area contributed by atoms with Crippen molar-refractivity contribution in [3.05, 3.63) is 65.2 Å². The Morgan fingerprint density at radius 1 is 1.04 bits per heavy atom. The van der Waals surface area contributed by atoms with Gasteiger partial charge in [0.1, 0.15) is 0 Å². The summed E-state index contributed by atoms with van der Waals surface area (Å²) in [6.45, 7) is 1.10. The molecule has 0 saturated heterocycles. The number of hydrogen-bond acceptors (Lipinski definition) is 2. The summed E-state index contributed by atoms with van der Waals surface area (Å²) >= 11 is 1.93. The highest BCUT2D eigenvalue weighted by atomic mass is 32.2. The van der Waals surface area contributed by atoms with E-state index in [0.717, 1.165) is 18.9 Å². The van der Waals surface area contributed by atoms with Crippen molar-refractivity contribution in [3.8, 4) is 0 Å². The molecule has 0 spiro atoms. The summed E-state index contributed by atoms with van der Waals surface area (Å²) in [5.41, 5.74) is 5.95. The average Bonchev–Trinajstić information content (AvgIpc) is 3.38. The summed E-state index contributed by atoms with van der Waals surface area (Å²) in [7, 11) is 4.29. The van der Waals surface area contributed by atoms with E-state index in [0.29, 0.717) is 0 Å². The lowest BCUT2D eigenvalue weighted by molar-refractivity contribution is 0.417. The molecule has 1 fully saturated rings. The van der Waals surface area contributed by atoms with Crippen molar-refractivity contribution in [1.82, 2.24) is 4.90 Å². The van der Waals surface area contributed by atoms with Crippen LogP contribution in [0.4, 0.5) is 0 Å². The molecule has 0 atom stereocenters. The maximum absolute atomic E-state index is 2.46. The largest absolute Gasteiger partial charge is 0.309 e. The van der Waals surface area contributed by atoms with Crippen LogP contribution in [-0.4, -0.2) is 25.5 Å². The maximum atomic E-state index is 2.46. The minimum atomic E-state index is 0.785. The van der Waals surface area contributed by atoms with Crippen LogP contribution in [0, 0.1) is 0 Å². The van der Waals surface area contributed by atoms with Gasteiger partial charge in [-0.05, 0) is 73.7 Å². The van der Waals surface area contributed by atoms with Crippen LogP contribution in [-0.2, 0) is 0 Å². The predicted octanol–water partition coefficient (Wildman–Crippen LogP) is 5.41. The highest BCUT2D eigenvalue weighted by molar-refractivity contribution is 7.99. The van der Waals surface area contributed by atoms with Gasteiger partial charge in [-0.1, -0.05) is 48.2 Å². The molecule has 2 aliphatic rings. The van der Waals surface area contributed by atoms with Gasteiger partial charge in [0.25, 0.3) is 0 Å². The van der Waals surface area contributed by atoms with Crippen LogP contribution in [0.3, 0.4) is 0 Å². The van der Waals surface area contributed by atoms with E-state index in [2.05, 4.69) is 67.5 Å². The summed E-state index contributed by atoms with van der Waals surface area (Å²) < 4.78 is 0. The maximum Gasteiger partial charge on any atom is 0.0204 e. The van der Waals surface area contributed by atoms with Crippen LogP contribution in [0.1, 0.15) is 41.9 Å². The molecule has 4 rings (SSSR count). The topological polar surface area (TPSA) is 3.24 Å². The number of benzene rings is 2. The fourth-order valence-corrected chi connectivity index (χ4v) is 4.51. The molecule has 1 aliphatic carbocycles. The second-order valence-corrected chi connectivity index (χ2v) is 7.89. The lowest BCUT2D eigenvalue weighted by Gasteiger charge is -2.25. The van der Waals surface area contributed by atoms with Gasteiger partial charge in [-0.3, -0.25) is 0 Å². The zero-order chi connectivity index (χ0) is 15.8. The molecule has 2 aromatic rings. The van der Waals surface area contributed by atoms with Gasteiger partial charge in [0, 0.05) is 16.3 Å². The number of fused-ring (bicyclic) bond motifs is 2. The van der Waals surface area contributed by atoms with Crippen molar-refractivity contribution in [1.29, 1.82) is 0 Å². The molecule has 1 heterocycles. The molecule has 2 heteroatoms. The average molecular weight is 321 g/mol. The van der Waals surface area contributed by atoms with E-state index < -0.39 is 0 Å². The van der Waals surface area contributed by atoms with Gasteiger partial charge >= 0.3 is 0 Å². The third-order valence-corrected chi connectivity index (χ3v) is 5.80. The molecule has 0 unspecified atom stereocenters. The lowest BCUT2D eigenvalue weighted by atomic mass is 9.90. The Morgan fingerprint density at radius 2 is 1.83 bits per heavy atom. The summed E-state index contributed by atoms with van der Waals surface area (Å²) in [6.07, 6.45) is 6.27. The number of nitrogens with zero attached hydrogens (tertiary/aromatic N) is 1. The SMILES string of the molecule is CN(C)CC/C=C1\c2ccccc2Sc2cccc(C3CC3)c21. The highest BCUT2D eigenvalue weighted by Gasteiger charge is 2.31. The Morgan fingerprint density at radius 3 is 2.61 bits per heavy atom. The van der Waals surface area contributed by atoms with Crippen molar-refractivity contribution in [2.75, 3.05) is 20.6 Å². The van der Waals surface area contributed by atoms with E-state index in [9.17, 15) is 0 Å².